The van der Waals surface area contributed by atoms with Gasteiger partial charge in [0.15, 0.2) is 34.5 Å². The van der Waals surface area contributed by atoms with Gasteiger partial charge < -0.3 is 40.5 Å². The molecule has 0 amide bonds. The molecule has 10 nitrogen and oxygen atoms in total. The fraction of sp³-hybridized carbons (Fsp3) is 0.278. The van der Waals surface area contributed by atoms with Crippen LogP contribution in [0.4, 0.5) is 0 Å². The van der Waals surface area contributed by atoms with Gasteiger partial charge in [0.1, 0.15) is 6.04 Å². The Morgan fingerprint density at radius 2 is 1.21 bits per heavy atom. The monoisotopic (exact) mass is 395 g/mol. The van der Waals surface area contributed by atoms with Gasteiger partial charge in [0.25, 0.3) is 0 Å². The molecule has 0 fully saturated rings. The van der Waals surface area contributed by atoms with Gasteiger partial charge in [0, 0.05) is 13.1 Å². The van der Waals surface area contributed by atoms with Gasteiger partial charge in [-0.1, -0.05) is 0 Å². The molecule has 2 aromatic carbocycles. The number of hydrogen-bond acceptors (Lipinski definition) is 10. The van der Waals surface area contributed by atoms with Crippen LogP contribution in [0.3, 0.4) is 0 Å². The summed E-state index contributed by atoms with van der Waals surface area (Å²) in [5.41, 5.74) is 0.588. The number of nitrogens with zero attached hydrogens (tertiary/aromatic N) is 1. The van der Waals surface area contributed by atoms with Crippen LogP contribution in [-0.2, 0) is 22.6 Å². The topological polar surface area (TPSA) is 171 Å². The Morgan fingerprint density at radius 3 is 1.50 bits per heavy atom. The summed E-state index contributed by atoms with van der Waals surface area (Å²) in [5.74, 6) is -4.46. The van der Waals surface area contributed by atoms with Gasteiger partial charge in [-0.15, -0.1) is 0 Å². The van der Waals surface area contributed by atoms with Crippen LogP contribution in [-0.4, -0.2) is 66.4 Å². The summed E-state index contributed by atoms with van der Waals surface area (Å²) in [4.78, 5) is 13.4. The Labute approximate surface area is 159 Å². The Morgan fingerprint density at radius 1 is 0.857 bits per heavy atom. The average molecular weight is 395 g/mol. The van der Waals surface area contributed by atoms with Crippen LogP contribution >= 0.6 is 0 Å². The van der Waals surface area contributed by atoms with Crippen molar-refractivity contribution in [3.63, 3.8) is 0 Å². The molecular weight excluding hydrogens is 374 g/mol. The van der Waals surface area contributed by atoms with Gasteiger partial charge in [0.05, 0.1) is 13.7 Å². The second-order valence-corrected chi connectivity index (χ2v) is 6.09. The molecule has 0 saturated carbocycles. The molecule has 0 aliphatic heterocycles. The molecule has 10 heteroatoms. The summed E-state index contributed by atoms with van der Waals surface area (Å²) in [6.45, 7) is -0.812. The molecule has 0 spiro atoms. The Balaban J connectivity index is 2.41. The minimum Gasteiger partial charge on any atom is -0.504 e. The zero-order valence-electron chi connectivity index (χ0n) is 14.9. The quantitative estimate of drug-likeness (QED) is 0.258. The van der Waals surface area contributed by atoms with Crippen LogP contribution in [0.1, 0.15) is 11.1 Å². The smallest absolute Gasteiger partial charge is 0.325 e. The largest absolute Gasteiger partial charge is 0.504 e. The van der Waals surface area contributed by atoms with Crippen LogP contribution in [0.15, 0.2) is 24.3 Å². The van der Waals surface area contributed by atoms with Crippen molar-refractivity contribution in [2.24, 2.45) is 0 Å². The normalized spacial score (nSPS) is 12.1. The second-order valence-electron chi connectivity index (χ2n) is 6.09. The lowest BCUT2D eigenvalue weighted by molar-refractivity contribution is -0.149. The van der Waals surface area contributed by atoms with Crippen LogP contribution in [0.5, 0.6) is 34.5 Å². The van der Waals surface area contributed by atoms with Crippen LogP contribution in [0.2, 0.25) is 0 Å². The third-order valence-electron chi connectivity index (χ3n) is 4.12. The van der Waals surface area contributed by atoms with Crippen LogP contribution in [0, 0.1) is 0 Å². The van der Waals surface area contributed by atoms with Crippen molar-refractivity contribution in [1.82, 2.24) is 4.90 Å². The molecule has 28 heavy (non-hydrogen) atoms. The summed E-state index contributed by atoms with van der Waals surface area (Å²) >= 11 is 0. The molecule has 7 N–H and O–H groups in total. The number of benzene rings is 2. The lowest BCUT2D eigenvalue weighted by Crippen LogP contribution is -2.43. The van der Waals surface area contributed by atoms with Gasteiger partial charge in [-0.2, -0.15) is 0 Å². The Bertz CT molecular complexity index is 763. The summed E-state index contributed by atoms with van der Waals surface area (Å²) in [7, 11) is 1.14. The molecule has 0 radical (unpaired) electrons. The number of phenolic OH excluding ortho intramolecular Hbond substituents is 6. The number of aromatic hydroxyl groups is 6. The SMILES string of the molecule is COC(=O)C(CO)N(Cc1cc(O)c(O)c(O)c1)Cc1cc(O)c(O)c(O)c1. The highest BCUT2D eigenvalue weighted by molar-refractivity contribution is 5.75. The molecule has 152 valence electrons. The van der Waals surface area contributed by atoms with E-state index in [9.17, 15) is 40.5 Å². The molecule has 0 bridgehead atoms. The zero-order valence-corrected chi connectivity index (χ0v) is 14.9. The molecule has 1 atom stereocenters. The maximum absolute atomic E-state index is 12.0. The van der Waals surface area contributed by atoms with E-state index in [-0.39, 0.29) is 13.1 Å². The van der Waals surface area contributed by atoms with Crippen LogP contribution in [0.25, 0.3) is 0 Å². The number of aliphatic hydroxyl groups excluding tert-OH is 1. The predicted octanol–water partition coefficient (Wildman–Crippen LogP) is 0.456. The minimum absolute atomic E-state index is 0.0931. The summed E-state index contributed by atoms with van der Waals surface area (Å²) in [6.07, 6.45) is 0. The van der Waals surface area contributed by atoms with Crippen molar-refractivity contribution in [2.45, 2.75) is 19.1 Å². The van der Waals surface area contributed by atoms with Crippen molar-refractivity contribution < 1.29 is 45.3 Å². The number of carbonyl (C=O) groups is 1. The molecule has 2 aromatic rings. The van der Waals surface area contributed by atoms with Crippen molar-refractivity contribution in [1.29, 1.82) is 0 Å². The number of ether oxygens (including phenoxy) is 1. The van der Waals surface area contributed by atoms with Crippen molar-refractivity contribution in [3.05, 3.63) is 35.4 Å². The molecule has 0 saturated heterocycles. The molecule has 0 aliphatic rings. The van der Waals surface area contributed by atoms with E-state index in [2.05, 4.69) is 4.74 Å². The maximum atomic E-state index is 12.0. The first kappa shape index (κ1) is 20.9. The highest BCUT2D eigenvalue weighted by atomic mass is 16.5. The number of rotatable bonds is 7. The lowest BCUT2D eigenvalue weighted by atomic mass is 10.1. The maximum Gasteiger partial charge on any atom is 0.325 e. The third-order valence-corrected chi connectivity index (χ3v) is 4.12. The van der Waals surface area contributed by atoms with Gasteiger partial charge in [-0.05, 0) is 35.4 Å². The van der Waals surface area contributed by atoms with Gasteiger partial charge in [0.2, 0.25) is 0 Å². The summed E-state index contributed by atoms with van der Waals surface area (Å²) in [5, 5.41) is 67.3. The first-order chi connectivity index (χ1) is 13.2. The molecule has 0 heterocycles. The van der Waals surface area contributed by atoms with E-state index in [4.69, 9.17) is 0 Å². The average Bonchev–Trinajstić information content (AvgIpc) is 2.64. The molecule has 0 aliphatic carbocycles. The number of carbonyl (C=O) groups excluding carboxylic acids is 1. The van der Waals surface area contributed by atoms with E-state index >= 15 is 0 Å². The Kier molecular flexibility index (Phi) is 6.39. The standard InChI is InChI=1S/C18H21NO9/c1-28-18(27)11(8-20)19(6-9-2-12(21)16(25)13(22)3-9)7-10-4-14(23)17(26)15(24)5-10/h2-5,11,20-26H,6-8H2,1H3. The Hall–Kier alpha value is -3.37. The molecular formula is C18H21NO9. The fourth-order valence-electron chi connectivity index (χ4n) is 2.72. The minimum atomic E-state index is -1.15. The summed E-state index contributed by atoms with van der Waals surface area (Å²) < 4.78 is 4.67. The lowest BCUT2D eigenvalue weighted by Gasteiger charge is -2.29. The predicted molar refractivity (Wildman–Crippen MR) is 95.0 cm³/mol. The highest BCUT2D eigenvalue weighted by Gasteiger charge is 2.27. The number of esters is 1. The number of methoxy groups -OCH3 is 1. The van der Waals surface area contributed by atoms with Crippen LogP contribution < -0.4 is 0 Å². The van der Waals surface area contributed by atoms with E-state index in [1.165, 1.54) is 29.2 Å². The zero-order chi connectivity index (χ0) is 21.0. The third kappa shape index (κ3) is 4.48. The van der Waals surface area contributed by atoms with E-state index in [1.54, 1.807) is 0 Å². The number of phenols is 6. The summed E-state index contributed by atoms with van der Waals surface area (Å²) in [6, 6.07) is 3.51. The van der Waals surface area contributed by atoms with Crippen molar-refractivity contribution in [3.8, 4) is 34.5 Å². The first-order valence-electron chi connectivity index (χ1n) is 8.08. The van der Waals surface area contributed by atoms with E-state index in [0.717, 1.165) is 7.11 Å². The van der Waals surface area contributed by atoms with E-state index in [0.29, 0.717) is 11.1 Å². The van der Waals surface area contributed by atoms with Gasteiger partial charge >= 0.3 is 5.97 Å². The molecule has 1 unspecified atom stereocenters. The van der Waals surface area contributed by atoms with Gasteiger partial charge in [-0.3, -0.25) is 9.69 Å². The number of hydrogen-bond donors (Lipinski definition) is 7. The van der Waals surface area contributed by atoms with E-state index < -0.39 is 53.1 Å². The van der Waals surface area contributed by atoms with Crippen molar-refractivity contribution >= 4 is 5.97 Å². The highest BCUT2D eigenvalue weighted by Crippen LogP contribution is 2.37. The second kappa shape index (κ2) is 8.55. The van der Waals surface area contributed by atoms with Gasteiger partial charge in [-0.25, -0.2) is 0 Å². The fourth-order valence-corrected chi connectivity index (χ4v) is 2.72. The number of aliphatic hydroxyl groups is 1. The molecule has 0 aromatic heterocycles. The van der Waals surface area contributed by atoms with E-state index in [1.807, 2.05) is 0 Å². The first-order valence-corrected chi connectivity index (χ1v) is 8.08. The van der Waals surface area contributed by atoms with Crippen molar-refractivity contribution in [2.75, 3.05) is 13.7 Å². The molecule has 2 rings (SSSR count).